The monoisotopic (exact) mass is 250 g/mol. The highest BCUT2D eigenvalue weighted by Gasteiger charge is 1.83. The summed E-state index contributed by atoms with van der Waals surface area (Å²) in [7, 11) is 0. The number of hydrogen-bond acceptors (Lipinski definition) is 1. The van der Waals surface area contributed by atoms with Crippen LogP contribution in [0.1, 0.15) is 65.2 Å². The van der Waals surface area contributed by atoms with E-state index in [1.165, 1.54) is 38.5 Å². The van der Waals surface area contributed by atoms with Crippen LogP contribution in [-0.4, -0.2) is 11.5 Å². The average Bonchev–Trinajstić information content (AvgIpc) is 2.35. The zero-order chi connectivity index (χ0) is 12.6. The minimum Gasteiger partial charge on any atom is -0.136 e. The van der Waals surface area contributed by atoms with Gasteiger partial charge in [0.25, 0.3) is 0 Å². The summed E-state index contributed by atoms with van der Waals surface area (Å²) in [4.78, 5) is 0. The summed E-state index contributed by atoms with van der Waals surface area (Å²) in [6.07, 6.45) is 9.83. The molecule has 0 aromatic carbocycles. The van der Waals surface area contributed by atoms with Gasteiger partial charge in [-0.05, 0) is 12.8 Å². The van der Waals surface area contributed by atoms with Crippen molar-refractivity contribution in [1.29, 1.82) is 0 Å². The lowest BCUT2D eigenvalue weighted by Crippen LogP contribution is -1.77. The van der Waals surface area contributed by atoms with E-state index < -0.39 is 0 Å². The van der Waals surface area contributed by atoms with Crippen molar-refractivity contribution in [2.24, 2.45) is 0 Å². The molecule has 0 amide bonds. The van der Waals surface area contributed by atoms with E-state index in [9.17, 15) is 0 Å². The molecule has 0 aliphatic heterocycles. The quantitative estimate of drug-likeness (QED) is 0.437. The fourth-order valence-electron chi connectivity index (χ4n) is 1.36. The molecule has 0 saturated carbocycles. The van der Waals surface area contributed by atoms with Gasteiger partial charge >= 0.3 is 0 Å². The number of hydrogen-bond donors (Lipinski definition) is 0. The Labute approximate surface area is 112 Å². The van der Waals surface area contributed by atoms with Gasteiger partial charge in [0.15, 0.2) is 0 Å². The molecule has 0 fully saturated rings. The van der Waals surface area contributed by atoms with Crippen LogP contribution in [0.5, 0.6) is 0 Å². The second kappa shape index (κ2) is 15.5. The molecule has 0 aromatic rings. The standard InChI is InChI=1S/C16H26S/c1-3-5-7-9-11-13-15-17-16-14-12-10-8-6-4-2/h3-10,15-16H2,1-2H3. The smallest absolute Gasteiger partial charge is 0.0557 e. The van der Waals surface area contributed by atoms with E-state index in [1.807, 2.05) is 11.8 Å². The van der Waals surface area contributed by atoms with Crippen molar-refractivity contribution in [2.75, 3.05) is 11.5 Å². The van der Waals surface area contributed by atoms with Crippen LogP contribution in [0.2, 0.25) is 0 Å². The van der Waals surface area contributed by atoms with Gasteiger partial charge in [-0.15, -0.1) is 23.6 Å². The number of unbranched alkanes of at least 4 members (excludes halogenated alkanes) is 6. The molecular weight excluding hydrogens is 224 g/mol. The molecule has 0 spiro atoms. The Hall–Kier alpha value is -0.530. The summed E-state index contributed by atoms with van der Waals surface area (Å²) in [5, 5.41) is 0. The summed E-state index contributed by atoms with van der Waals surface area (Å²) in [5.74, 6) is 14.7. The van der Waals surface area contributed by atoms with Crippen LogP contribution in [0, 0.1) is 23.7 Å². The fraction of sp³-hybridized carbons (Fsp3) is 0.750. The topological polar surface area (TPSA) is 0 Å². The third-order valence-corrected chi connectivity index (χ3v) is 3.11. The van der Waals surface area contributed by atoms with Crippen LogP contribution in [0.3, 0.4) is 0 Å². The molecule has 0 radical (unpaired) electrons. The van der Waals surface area contributed by atoms with E-state index in [1.54, 1.807) is 0 Å². The average molecular weight is 250 g/mol. The van der Waals surface area contributed by atoms with Crippen LogP contribution >= 0.6 is 11.8 Å². The van der Waals surface area contributed by atoms with Crippen LogP contribution in [-0.2, 0) is 0 Å². The molecule has 0 aliphatic rings. The Kier molecular flexibility index (Phi) is 15.0. The van der Waals surface area contributed by atoms with E-state index in [0.29, 0.717) is 0 Å². The van der Waals surface area contributed by atoms with E-state index in [-0.39, 0.29) is 0 Å². The molecule has 17 heavy (non-hydrogen) atoms. The van der Waals surface area contributed by atoms with Crippen molar-refractivity contribution in [2.45, 2.75) is 65.2 Å². The second-order valence-corrected chi connectivity index (χ2v) is 5.10. The van der Waals surface area contributed by atoms with Crippen LogP contribution in [0.25, 0.3) is 0 Å². The molecule has 0 atom stereocenters. The summed E-state index contributed by atoms with van der Waals surface area (Å²) in [5.41, 5.74) is 0. The van der Waals surface area contributed by atoms with Crippen molar-refractivity contribution in [3.63, 3.8) is 0 Å². The van der Waals surface area contributed by atoms with Crippen LogP contribution in [0.4, 0.5) is 0 Å². The second-order valence-electron chi connectivity index (χ2n) is 4.11. The molecule has 0 saturated heterocycles. The van der Waals surface area contributed by atoms with Crippen molar-refractivity contribution < 1.29 is 0 Å². The zero-order valence-corrected chi connectivity index (χ0v) is 12.3. The largest absolute Gasteiger partial charge is 0.136 e. The van der Waals surface area contributed by atoms with Gasteiger partial charge < -0.3 is 0 Å². The Morgan fingerprint density at radius 3 is 1.53 bits per heavy atom. The molecule has 0 nitrogen and oxygen atoms in total. The van der Waals surface area contributed by atoms with Gasteiger partial charge in [-0.1, -0.05) is 51.4 Å². The third kappa shape index (κ3) is 15.5. The molecule has 0 N–H and O–H groups in total. The van der Waals surface area contributed by atoms with Gasteiger partial charge in [0.2, 0.25) is 0 Å². The van der Waals surface area contributed by atoms with E-state index in [4.69, 9.17) is 0 Å². The molecule has 0 unspecified atom stereocenters. The maximum atomic E-state index is 3.22. The zero-order valence-electron chi connectivity index (χ0n) is 11.5. The highest BCUT2D eigenvalue weighted by Crippen LogP contribution is 2.00. The predicted octanol–water partition coefficient (Wildman–Crippen LogP) is 4.89. The maximum absolute atomic E-state index is 3.22. The molecule has 0 bridgehead atoms. The fourth-order valence-corrected chi connectivity index (χ4v) is 1.87. The van der Waals surface area contributed by atoms with Gasteiger partial charge in [0.05, 0.1) is 11.5 Å². The summed E-state index contributed by atoms with van der Waals surface area (Å²) in [6, 6.07) is 0. The molecule has 0 heterocycles. The number of thioether (sulfide) groups is 1. The lowest BCUT2D eigenvalue weighted by molar-refractivity contribution is 0.737. The molecule has 0 rings (SSSR count). The number of rotatable bonds is 8. The molecule has 0 aromatic heterocycles. The van der Waals surface area contributed by atoms with Gasteiger partial charge in [0, 0.05) is 12.8 Å². The van der Waals surface area contributed by atoms with Crippen molar-refractivity contribution in [3.8, 4) is 23.7 Å². The van der Waals surface area contributed by atoms with Crippen LogP contribution < -0.4 is 0 Å². The first-order valence-electron chi connectivity index (χ1n) is 6.91. The highest BCUT2D eigenvalue weighted by molar-refractivity contribution is 7.99. The van der Waals surface area contributed by atoms with Crippen molar-refractivity contribution >= 4 is 11.8 Å². The Morgan fingerprint density at radius 1 is 0.647 bits per heavy atom. The van der Waals surface area contributed by atoms with Gasteiger partial charge in [-0.3, -0.25) is 0 Å². The summed E-state index contributed by atoms with van der Waals surface area (Å²) < 4.78 is 0. The predicted molar refractivity (Wildman–Crippen MR) is 81.2 cm³/mol. The first-order valence-corrected chi connectivity index (χ1v) is 8.06. The van der Waals surface area contributed by atoms with Gasteiger partial charge in [0.1, 0.15) is 0 Å². The minimum absolute atomic E-state index is 0.940. The molecule has 0 aliphatic carbocycles. The highest BCUT2D eigenvalue weighted by atomic mass is 32.2. The summed E-state index contributed by atoms with van der Waals surface area (Å²) >= 11 is 1.83. The summed E-state index contributed by atoms with van der Waals surface area (Å²) in [6.45, 7) is 4.45. The minimum atomic E-state index is 0.940. The SMILES string of the molecule is CCCCCC#CCSCC#CCCCCC. The lowest BCUT2D eigenvalue weighted by Gasteiger charge is -1.90. The van der Waals surface area contributed by atoms with Gasteiger partial charge in [-0.25, -0.2) is 0 Å². The molecular formula is C16H26S. The first-order chi connectivity index (χ1) is 8.41. The first kappa shape index (κ1) is 16.5. The van der Waals surface area contributed by atoms with Crippen molar-refractivity contribution in [3.05, 3.63) is 0 Å². The Balaban J connectivity index is 3.21. The lowest BCUT2D eigenvalue weighted by atomic mass is 10.2. The normalized spacial score (nSPS) is 9.06. The van der Waals surface area contributed by atoms with E-state index in [2.05, 4.69) is 37.5 Å². The molecule has 1 heteroatoms. The maximum Gasteiger partial charge on any atom is 0.0557 e. The van der Waals surface area contributed by atoms with E-state index in [0.717, 1.165) is 24.3 Å². The van der Waals surface area contributed by atoms with Gasteiger partial charge in [-0.2, -0.15) is 0 Å². The van der Waals surface area contributed by atoms with Crippen LogP contribution in [0.15, 0.2) is 0 Å². The van der Waals surface area contributed by atoms with E-state index >= 15 is 0 Å². The molecule has 96 valence electrons. The Morgan fingerprint density at radius 2 is 1.12 bits per heavy atom. The Bertz CT molecular complexity index is 231. The van der Waals surface area contributed by atoms with Crippen molar-refractivity contribution in [1.82, 2.24) is 0 Å². The third-order valence-electron chi connectivity index (χ3n) is 2.41.